The molecule has 2 aromatic rings. The lowest BCUT2D eigenvalue weighted by Gasteiger charge is -2.15. The van der Waals surface area contributed by atoms with Crippen LogP contribution in [0.3, 0.4) is 0 Å². The topological polar surface area (TPSA) is 12.0 Å². The van der Waals surface area contributed by atoms with Crippen LogP contribution < -0.4 is 5.32 Å². The van der Waals surface area contributed by atoms with Gasteiger partial charge in [0.2, 0.25) is 0 Å². The van der Waals surface area contributed by atoms with Crippen molar-refractivity contribution < 1.29 is 13.2 Å². The van der Waals surface area contributed by atoms with E-state index in [0.717, 1.165) is 22.8 Å². The van der Waals surface area contributed by atoms with Gasteiger partial charge in [-0.2, -0.15) is 13.2 Å². The Morgan fingerprint density at radius 2 is 1.62 bits per heavy atom. The second-order valence-corrected chi connectivity index (χ2v) is 5.95. The molecule has 0 aliphatic rings. The highest BCUT2D eigenvalue weighted by Gasteiger charge is 2.33. The standard InChI is InChI=1S/C16H15BrF3N/c1-10-5-11(2)7-12(6-10)9-21-15-4-3-13(17)8-14(15)16(18,19)20/h3-8,21H,9H2,1-2H3. The lowest BCUT2D eigenvalue weighted by Crippen LogP contribution is -2.11. The molecular formula is C16H15BrF3N. The van der Waals surface area contributed by atoms with Crippen molar-refractivity contribution in [3.8, 4) is 0 Å². The van der Waals surface area contributed by atoms with Crippen LogP contribution in [0.2, 0.25) is 0 Å². The van der Waals surface area contributed by atoms with Crippen molar-refractivity contribution in [2.75, 3.05) is 5.32 Å². The van der Waals surface area contributed by atoms with E-state index >= 15 is 0 Å². The van der Waals surface area contributed by atoms with Crippen LogP contribution in [-0.4, -0.2) is 0 Å². The van der Waals surface area contributed by atoms with Crippen LogP contribution in [0.1, 0.15) is 22.3 Å². The van der Waals surface area contributed by atoms with Gasteiger partial charge >= 0.3 is 6.18 Å². The van der Waals surface area contributed by atoms with E-state index in [9.17, 15) is 13.2 Å². The minimum absolute atomic E-state index is 0.0878. The maximum Gasteiger partial charge on any atom is 0.418 e. The summed E-state index contributed by atoms with van der Waals surface area (Å²) in [5.74, 6) is 0. The molecule has 0 unspecified atom stereocenters. The molecule has 2 rings (SSSR count). The van der Waals surface area contributed by atoms with Crippen molar-refractivity contribution in [2.45, 2.75) is 26.6 Å². The van der Waals surface area contributed by atoms with Gasteiger partial charge in [-0.15, -0.1) is 0 Å². The van der Waals surface area contributed by atoms with Crippen molar-refractivity contribution in [2.24, 2.45) is 0 Å². The highest BCUT2D eigenvalue weighted by atomic mass is 79.9. The van der Waals surface area contributed by atoms with Crippen molar-refractivity contribution in [1.82, 2.24) is 0 Å². The first-order valence-corrected chi connectivity index (χ1v) is 7.23. The van der Waals surface area contributed by atoms with E-state index in [1.54, 1.807) is 6.07 Å². The first kappa shape index (κ1) is 15.9. The maximum atomic E-state index is 13.0. The molecule has 0 aromatic heterocycles. The van der Waals surface area contributed by atoms with Gasteiger partial charge in [-0.3, -0.25) is 0 Å². The second kappa shape index (κ2) is 6.10. The average molecular weight is 358 g/mol. The molecule has 0 spiro atoms. The fourth-order valence-corrected chi connectivity index (χ4v) is 2.63. The molecule has 0 amide bonds. The summed E-state index contributed by atoms with van der Waals surface area (Å²) < 4.78 is 39.5. The summed E-state index contributed by atoms with van der Waals surface area (Å²) in [5, 5.41) is 2.88. The zero-order valence-electron chi connectivity index (χ0n) is 11.7. The van der Waals surface area contributed by atoms with Gasteiger partial charge in [0, 0.05) is 16.7 Å². The molecule has 0 saturated heterocycles. The predicted octanol–water partition coefficient (Wildman–Crippen LogP) is 5.70. The first-order chi connectivity index (χ1) is 9.75. The van der Waals surface area contributed by atoms with E-state index in [1.165, 1.54) is 6.07 Å². The van der Waals surface area contributed by atoms with E-state index in [-0.39, 0.29) is 5.69 Å². The third-order valence-corrected chi connectivity index (χ3v) is 3.54. The highest BCUT2D eigenvalue weighted by Crippen LogP contribution is 2.36. The van der Waals surface area contributed by atoms with E-state index in [4.69, 9.17) is 0 Å². The Morgan fingerprint density at radius 1 is 1.00 bits per heavy atom. The number of halogens is 4. The second-order valence-electron chi connectivity index (χ2n) is 5.04. The smallest absolute Gasteiger partial charge is 0.380 e. The average Bonchev–Trinajstić information content (AvgIpc) is 2.35. The third-order valence-electron chi connectivity index (χ3n) is 3.05. The molecule has 0 aliphatic carbocycles. The summed E-state index contributed by atoms with van der Waals surface area (Å²) in [5.41, 5.74) is 2.58. The Hall–Kier alpha value is -1.49. The van der Waals surface area contributed by atoms with Crippen LogP contribution in [-0.2, 0) is 12.7 Å². The summed E-state index contributed by atoms with van der Waals surface area (Å²) in [6.45, 7) is 4.29. The molecule has 21 heavy (non-hydrogen) atoms. The molecule has 1 N–H and O–H groups in total. The van der Waals surface area contributed by atoms with Gasteiger partial charge < -0.3 is 5.32 Å². The Balaban J connectivity index is 2.24. The van der Waals surface area contributed by atoms with Gasteiger partial charge in [0.15, 0.2) is 0 Å². The molecule has 0 atom stereocenters. The number of anilines is 1. The van der Waals surface area contributed by atoms with Gasteiger partial charge in [0.25, 0.3) is 0 Å². The van der Waals surface area contributed by atoms with Crippen molar-refractivity contribution >= 4 is 21.6 Å². The van der Waals surface area contributed by atoms with E-state index in [2.05, 4.69) is 21.2 Å². The summed E-state index contributed by atoms with van der Waals surface area (Å²) >= 11 is 3.08. The quantitative estimate of drug-likeness (QED) is 0.743. The van der Waals surface area contributed by atoms with Crippen LogP contribution in [0.5, 0.6) is 0 Å². The van der Waals surface area contributed by atoms with Crippen molar-refractivity contribution in [1.29, 1.82) is 0 Å². The van der Waals surface area contributed by atoms with Crippen molar-refractivity contribution in [3.63, 3.8) is 0 Å². The summed E-state index contributed by atoms with van der Waals surface area (Å²) in [7, 11) is 0. The zero-order chi connectivity index (χ0) is 15.6. The van der Waals surface area contributed by atoms with Crippen LogP contribution in [0.15, 0.2) is 40.9 Å². The molecule has 0 radical (unpaired) electrons. The Morgan fingerprint density at radius 3 is 2.19 bits per heavy atom. The molecule has 5 heteroatoms. The lowest BCUT2D eigenvalue weighted by molar-refractivity contribution is -0.137. The van der Waals surface area contributed by atoms with Gasteiger partial charge in [-0.05, 0) is 37.6 Å². The fourth-order valence-electron chi connectivity index (χ4n) is 2.27. The van der Waals surface area contributed by atoms with Crippen LogP contribution in [0.4, 0.5) is 18.9 Å². The molecule has 112 valence electrons. The number of alkyl halides is 3. The van der Waals surface area contributed by atoms with E-state index in [0.29, 0.717) is 11.0 Å². The monoisotopic (exact) mass is 357 g/mol. The number of benzene rings is 2. The molecular weight excluding hydrogens is 343 g/mol. The number of hydrogen-bond donors (Lipinski definition) is 1. The summed E-state index contributed by atoms with van der Waals surface area (Å²) in [4.78, 5) is 0. The zero-order valence-corrected chi connectivity index (χ0v) is 13.3. The predicted molar refractivity (Wildman–Crippen MR) is 82.4 cm³/mol. The maximum absolute atomic E-state index is 13.0. The highest BCUT2D eigenvalue weighted by molar-refractivity contribution is 9.10. The van der Waals surface area contributed by atoms with Crippen LogP contribution in [0.25, 0.3) is 0 Å². The molecule has 1 nitrogen and oxygen atoms in total. The SMILES string of the molecule is Cc1cc(C)cc(CNc2ccc(Br)cc2C(F)(F)F)c1. The van der Waals surface area contributed by atoms with Gasteiger partial charge in [-0.1, -0.05) is 45.3 Å². The van der Waals surface area contributed by atoms with Gasteiger partial charge in [-0.25, -0.2) is 0 Å². The molecule has 0 bridgehead atoms. The fraction of sp³-hybridized carbons (Fsp3) is 0.250. The van der Waals surface area contributed by atoms with Crippen LogP contribution >= 0.6 is 15.9 Å². The number of rotatable bonds is 3. The van der Waals surface area contributed by atoms with E-state index in [1.807, 2.05) is 32.0 Å². The van der Waals surface area contributed by atoms with E-state index < -0.39 is 11.7 Å². The van der Waals surface area contributed by atoms with Crippen molar-refractivity contribution in [3.05, 3.63) is 63.1 Å². The molecule has 0 aliphatic heterocycles. The Labute approximate surface area is 130 Å². The molecule has 0 saturated carbocycles. The molecule has 0 heterocycles. The summed E-state index contributed by atoms with van der Waals surface area (Å²) in [6.07, 6.45) is -4.38. The van der Waals surface area contributed by atoms with Crippen LogP contribution in [0, 0.1) is 13.8 Å². The number of nitrogens with one attached hydrogen (secondary N) is 1. The van der Waals surface area contributed by atoms with Gasteiger partial charge in [0.05, 0.1) is 5.56 Å². The molecule has 2 aromatic carbocycles. The normalized spacial score (nSPS) is 11.5. The largest absolute Gasteiger partial charge is 0.418 e. The molecule has 0 fully saturated rings. The number of aryl methyl sites for hydroxylation is 2. The lowest BCUT2D eigenvalue weighted by atomic mass is 10.1. The third kappa shape index (κ3) is 4.24. The Bertz CT molecular complexity index is 630. The Kier molecular flexibility index (Phi) is 4.61. The first-order valence-electron chi connectivity index (χ1n) is 6.43. The minimum atomic E-state index is -4.38. The minimum Gasteiger partial charge on any atom is -0.380 e. The van der Waals surface area contributed by atoms with Gasteiger partial charge in [0.1, 0.15) is 0 Å². The number of hydrogen-bond acceptors (Lipinski definition) is 1. The summed E-state index contributed by atoms with van der Waals surface area (Å²) in [6, 6.07) is 10.1.